The second-order valence-electron chi connectivity index (χ2n) is 3.77. The van der Waals surface area contributed by atoms with Crippen LogP contribution in [0.15, 0.2) is 0 Å². The standard InChI is InChI=1S/C11H24NO4P/c1-4-10(15-2)9-12-11(13)7-5-6-8-16-17(3)14/h10,14,17H,3-9H2,1-2H3,(H,12,13). The van der Waals surface area contributed by atoms with Crippen molar-refractivity contribution in [1.29, 1.82) is 0 Å². The van der Waals surface area contributed by atoms with E-state index in [-0.39, 0.29) is 12.0 Å². The Bertz CT molecular complexity index is 232. The van der Waals surface area contributed by atoms with Gasteiger partial charge in [0, 0.05) is 20.1 Å². The molecule has 17 heavy (non-hydrogen) atoms. The van der Waals surface area contributed by atoms with Crippen molar-refractivity contribution in [3.05, 3.63) is 0 Å². The van der Waals surface area contributed by atoms with E-state index in [1.54, 1.807) is 7.11 Å². The zero-order valence-electron chi connectivity index (χ0n) is 10.7. The Morgan fingerprint density at radius 1 is 1.53 bits per heavy atom. The van der Waals surface area contributed by atoms with Gasteiger partial charge in [-0.15, -0.1) is 0 Å². The summed E-state index contributed by atoms with van der Waals surface area (Å²) in [7, 11) is -0.186. The van der Waals surface area contributed by atoms with Gasteiger partial charge in [0.25, 0.3) is 0 Å². The largest absolute Gasteiger partial charge is 0.380 e. The molecule has 0 fully saturated rings. The summed E-state index contributed by atoms with van der Waals surface area (Å²) in [6.45, 7) is 3.05. The number of unbranched alkanes of at least 4 members (excludes halogenated alkanes) is 1. The van der Waals surface area contributed by atoms with E-state index in [1.165, 1.54) is 0 Å². The van der Waals surface area contributed by atoms with Crippen molar-refractivity contribution in [2.45, 2.75) is 38.7 Å². The van der Waals surface area contributed by atoms with Gasteiger partial charge in [-0.2, -0.15) is 0 Å². The summed E-state index contributed by atoms with van der Waals surface area (Å²) in [4.78, 5) is 20.2. The minimum atomic E-state index is -1.83. The second kappa shape index (κ2) is 10.8. The maximum Gasteiger partial charge on any atom is 0.220 e. The van der Waals surface area contributed by atoms with Crippen LogP contribution in [0.5, 0.6) is 0 Å². The lowest BCUT2D eigenvalue weighted by Crippen LogP contribution is -2.32. The van der Waals surface area contributed by atoms with Gasteiger partial charge < -0.3 is 19.5 Å². The predicted octanol–water partition coefficient (Wildman–Crippen LogP) is 1.18. The first kappa shape index (κ1) is 16.6. The van der Waals surface area contributed by atoms with Crippen LogP contribution in [0.3, 0.4) is 0 Å². The highest BCUT2D eigenvalue weighted by atomic mass is 31.1. The molecule has 0 aromatic carbocycles. The van der Waals surface area contributed by atoms with E-state index in [0.717, 1.165) is 19.3 Å². The quantitative estimate of drug-likeness (QED) is 0.460. The van der Waals surface area contributed by atoms with Crippen LogP contribution in [-0.4, -0.2) is 43.5 Å². The van der Waals surface area contributed by atoms with Crippen LogP contribution in [0.1, 0.15) is 32.6 Å². The van der Waals surface area contributed by atoms with Gasteiger partial charge in [0.15, 0.2) is 0 Å². The number of carbonyl (C=O) groups is 1. The second-order valence-corrected chi connectivity index (χ2v) is 4.85. The van der Waals surface area contributed by atoms with E-state index in [4.69, 9.17) is 14.2 Å². The summed E-state index contributed by atoms with van der Waals surface area (Å²) < 4.78 is 10.1. The number of rotatable bonds is 10. The van der Waals surface area contributed by atoms with Gasteiger partial charge in [-0.05, 0) is 19.3 Å². The summed E-state index contributed by atoms with van der Waals surface area (Å²) in [5.74, 6) is 0.0321. The van der Waals surface area contributed by atoms with Crippen LogP contribution in [0, 0.1) is 0 Å². The minimum Gasteiger partial charge on any atom is -0.380 e. The van der Waals surface area contributed by atoms with Gasteiger partial charge in [-0.25, -0.2) is 0 Å². The van der Waals surface area contributed by atoms with Gasteiger partial charge in [-0.3, -0.25) is 4.79 Å². The van der Waals surface area contributed by atoms with Gasteiger partial charge in [-0.1, -0.05) is 13.2 Å². The Morgan fingerprint density at radius 3 is 2.76 bits per heavy atom. The molecule has 0 spiro atoms. The number of nitrogens with one attached hydrogen (secondary N) is 1. The molecule has 0 radical (unpaired) electrons. The lowest BCUT2D eigenvalue weighted by Gasteiger charge is -2.13. The van der Waals surface area contributed by atoms with Crippen molar-refractivity contribution in [2.24, 2.45) is 0 Å². The molecule has 6 heteroatoms. The molecule has 0 aliphatic heterocycles. The number of methoxy groups -OCH3 is 1. The van der Waals surface area contributed by atoms with E-state index in [9.17, 15) is 4.79 Å². The summed E-state index contributed by atoms with van der Waals surface area (Å²) in [6.07, 6.45) is 6.35. The first-order valence-electron chi connectivity index (χ1n) is 5.90. The van der Waals surface area contributed by atoms with Gasteiger partial charge in [0.1, 0.15) is 8.00 Å². The maximum absolute atomic E-state index is 11.4. The third kappa shape index (κ3) is 10.5. The third-order valence-electron chi connectivity index (χ3n) is 2.38. The zero-order valence-corrected chi connectivity index (χ0v) is 11.7. The smallest absolute Gasteiger partial charge is 0.220 e. The first-order valence-corrected chi connectivity index (χ1v) is 7.46. The monoisotopic (exact) mass is 265 g/mol. The number of carbonyl (C=O) groups excluding carboxylic acids is 1. The van der Waals surface area contributed by atoms with Crippen molar-refractivity contribution < 1.29 is 18.9 Å². The normalized spacial score (nSPS) is 14.3. The lowest BCUT2D eigenvalue weighted by atomic mass is 10.2. The SMILES string of the molecule is C=[PH](O)OCCCCC(=O)NCC(CC)OC. The van der Waals surface area contributed by atoms with Gasteiger partial charge in [0.05, 0.1) is 12.7 Å². The number of hydrogen-bond acceptors (Lipinski definition) is 4. The fourth-order valence-corrected chi connectivity index (χ4v) is 1.67. The minimum absolute atomic E-state index is 0.0321. The highest BCUT2D eigenvalue weighted by Gasteiger charge is 2.06. The van der Waals surface area contributed by atoms with Crippen molar-refractivity contribution in [2.75, 3.05) is 20.3 Å². The van der Waals surface area contributed by atoms with Crippen LogP contribution in [0.2, 0.25) is 0 Å². The summed E-state index contributed by atoms with van der Waals surface area (Å²) in [6, 6.07) is 0. The third-order valence-corrected chi connectivity index (χ3v) is 2.92. The van der Waals surface area contributed by atoms with E-state index in [0.29, 0.717) is 19.6 Å². The van der Waals surface area contributed by atoms with Crippen LogP contribution >= 0.6 is 8.00 Å². The summed E-state index contributed by atoms with van der Waals surface area (Å²) >= 11 is 0. The number of hydrogen-bond donors (Lipinski definition) is 2. The van der Waals surface area contributed by atoms with E-state index in [1.807, 2.05) is 6.92 Å². The molecule has 1 amide bonds. The molecule has 0 saturated heterocycles. The van der Waals surface area contributed by atoms with Crippen LogP contribution in [-0.2, 0) is 14.1 Å². The Kier molecular flexibility index (Phi) is 10.6. The molecule has 0 aliphatic carbocycles. The molecule has 0 rings (SSSR count). The zero-order chi connectivity index (χ0) is 13.1. The van der Waals surface area contributed by atoms with E-state index >= 15 is 0 Å². The average Bonchev–Trinajstić information content (AvgIpc) is 2.29. The highest BCUT2D eigenvalue weighted by Crippen LogP contribution is 2.14. The predicted molar refractivity (Wildman–Crippen MR) is 71.6 cm³/mol. The van der Waals surface area contributed by atoms with Crippen molar-refractivity contribution in [1.82, 2.24) is 5.32 Å². The van der Waals surface area contributed by atoms with Crippen molar-refractivity contribution in [3.8, 4) is 0 Å². The molecule has 0 aromatic heterocycles. The van der Waals surface area contributed by atoms with E-state index in [2.05, 4.69) is 11.6 Å². The molecule has 102 valence electrons. The molecular formula is C11H24NO4P. The Labute approximate surface area is 104 Å². The van der Waals surface area contributed by atoms with Gasteiger partial charge in [0.2, 0.25) is 5.91 Å². The van der Waals surface area contributed by atoms with E-state index < -0.39 is 8.00 Å². The van der Waals surface area contributed by atoms with Gasteiger partial charge >= 0.3 is 0 Å². The lowest BCUT2D eigenvalue weighted by molar-refractivity contribution is -0.121. The molecule has 0 aromatic rings. The topological polar surface area (TPSA) is 67.8 Å². The molecule has 0 saturated carbocycles. The maximum atomic E-state index is 11.4. The highest BCUT2D eigenvalue weighted by molar-refractivity contribution is 7.44. The summed E-state index contributed by atoms with van der Waals surface area (Å²) in [5.41, 5.74) is 0. The Hall–Kier alpha value is -0.350. The molecule has 2 atom stereocenters. The van der Waals surface area contributed by atoms with Crippen LogP contribution in [0.25, 0.3) is 0 Å². The first-order chi connectivity index (χ1) is 8.10. The number of amides is 1. The molecule has 2 unspecified atom stereocenters. The fourth-order valence-electron chi connectivity index (χ4n) is 1.29. The summed E-state index contributed by atoms with van der Waals surface area (Å²) in [5, 5.41) is 2.82. The van der Waals surface area contributed by atoms with Crippen LogP contribution < -0.4 is 5.32 Å². The molecular weight excluding hydrogens is 241 g/mol. The fraction of sp³-hybridized carbons (Fsp3) is 0.818. The molecule has 0 aliphatic rings. The number of ether oxygens (including phenoxy) is 1. The average molecular weight is 265 g/mol. The van der Waals surface area contributed by atoms with Crippen LogP contribution in [0.4, 0.5) is 0 Å². The molecule has 5 nitrogen and oxygen atoms in total. The Balaban J connectivity index is 3.43. The molecule has 2 N–H and O–H groups in total. The van der Waals surface area contributed by atoms with Crippen molar-refractivity contribution >= 4 is 20.2 Å². The Morgan fingerprint density at radius 2 is 2.24 bits per heavy atom. The molecule has 0 bridgehead atoms. The van der Waals surface area contributed by atoms with Crippen molar-refractivity contribution in [3.63, 3.8) is 0 Å². The molecule has 0 heterocycles.